The maximum absolute atomic E-state index is 11.1. The van der Waals surface area contributed by atoms with Crippen molar-refractivity contribution in [3.05, 3.63) is 52.4 Å². The Kier molecular flexibility index (Phi) is 2.76. The summed E-state index contributed by atoms with van der Waals surface area (Å²) in [4.78, 5) is 11.1. The summed E-state index contributed by atoms with van der Waals surface area (Å²) in [5.74, 6) is 0.189. The lowest BCUT2D eigenvalue weighted by Gasteiger charge is -2.13. The molecule has 0 aliphatic carbocycles. The van der Waals surface area contributed by atoms with E-state index in [1.165, 1.54) is 12.1 Å². The van der Waals surface area contributed by atoms with Crippen LogP contribution in [0.2, 0.25) is 0 Å². The molecule has 0 aliphatic rings. The number of benzene rings is 1. The summed E-state index contributed by atoms with van der Waals surface area (Å²) >= 11 is 0. The van der Waals surface area contributed by atoms with Crippen molar-refractivity contribution in [2.24, 2.45) is 0 Å². The Hall–Kier alpha value is -2.03. The molecule has 2 rings (SSSR count). The van der Waals surface area contributed by atoms with Crippen LogP contribution in [0.25, 0.3) is 11.0 Å². The Bertz CT molecular complexity index is 637. The molecule has 0 spiro atoms. The molecule has 17 heavy (non-hydrogen) atoms. The summed E-state index contributed by atoms with van der Waals surface area (Å²) in [7, 11) is 0. The summed E-state index contributed by atoms with van der Waals surface area (Å²) in [6, 6.07) is 6.36. The Morgan fingerprint density at radius 2 is 2.12 bits per heavy atom. The monoisotopic (exact) mass is 230 g/mol. The van der Waals surface area contributed by atoms with Gasteiger partial charge in [0.2, 0.25) is 0 Å². The van der Waals surface area contributed by atoms with Gasteiger partial charge in [-0.15, -0.1) is 0 Å². The van der Waals surface area contributed by atoms with Crippen LogP contribution in [0.15, 0.2) is 45.6 Å². The van der Waals surface area contributed by atoms with E-state index < -0.39 is 5.63 Å². The van der Waals surface area contributed by atoms with Crippen LogP contribution in [0.1, 0.15) is 25.3 Å². The van der Waals surface area contributed by atoms with Gasteiger partial charge in [-0.05, 0) is 19.1 Å². The van der Waals surface area contributed by atoms with Gasteiger partial charge in [0.25, 0.3) is 0 Å². The lowest BCUT2D eigenvalue weighted by atomic mass is 9.93. The van der Waals surface area contributed by atoms with Gasteiger partial charge in [0.15, 0.2) is 0 Å². The number of phenolic OH excluding ortho intramolecular Hbond substituents is 1. The third-order valence-electron chi connectivity index (χ3n) is 2.97. The molecule has 1 atom stereocenters. The molecule has 1 unspecified atom stereocenters. The van der Waals surface area contributed by atoms with E-state index in [0.29, 0.717) is 5.58 Å². The molecule has 0 amide bonds. The van der Waals surface area contributed by atoms with E-state index >= 15 is 0 Å². The molecule has 0 fully saturated rings. The number of allylic oxidation sites excluding steroid dienone is 1. The fraction of sp³-hybridized carbons (Fsp3) is 0.214. The molecule has 0 aliphatic heterocycles. The van der Waals surface area contributed by atoms with Crippen molar-refractivity contribution in [2.75, 3.05) is 0 Å². The number of hydrogen-bond donors (Lipinski definition) is 1. The molecule has 0 bridgehead atoms. The van der Waals surface area contributed by atoms with Crippen molar-refractivity contribution in [3.8, 4) is 5.75 Å². The molecule has 88 valence electrons. The van der Waals surface area contributed by atoms with Crippen LogP contribution >= 0.6 is 0 Å². The number of phenols is 1. The van der Waals surface area contributed by atoms with Crippen molar-refractivity contribution in [1.82, 2.24) is 0 Å². The molecule has 3 heteroatoms. The Morgan fingerprint density at radius 3 is 2.76 bits per heavy atom. The van der Waals surface area contributed by atoms with Crippen LogP contribution in [-0.4, -0.2) is 5.11 Å². The van der Waals surface area contributed by atoms with E-state index in [2.05, 4.69) is 6.58 Å². The molecule has 1 N–H and O–H groups in total. The van der Waals surface area contributed by atoms with Crippen LogP contribution in [0, 0.1) is 0 Å². The predicted molar refractivity (Wildman–Crippen MR) is 67.4 cm³/mol. The first-order valence-corrected chi connectivity index (χ1v) is 5.41. The largest absolute Gasteiger partial charge is 0.508 e. The number of rotatable bonds is 2. The van der Waals surface area contributed by atoms with Crippen molar-refractivity contribution >= 4 is 11.0 Å². The van der Waals surface area contributed by atoms with Gasteiger partial charge < -0.3 is 9.52 Å². The van der Waals surface area contributed by atoms with Gasteiger partial charge in [0.1, 0.15) is 11.3 Å². The molecular formula is C14H14O3. The van der Waals surface area contributed by atoms with Crippen LogP contribution in [0.4, 0.5) is 0 Å². The minimum absolute atomic E-state index is 0.0614. The van der Waals surface area contributed by atoms with E-state index in [0.717, 1.165) is 16.5 Å². The number of aromatic hydroxyl groups is 1. The Balaban J connectivity index is 2.67. The fourth-order valence-electron chi connectivity index (χ4n) is 1.73. The quantitative estimate of drug-likeness (QED) is 0.636. The van der Waals surface area contributed by atoms with E-state index in [1.807, 2.05) is 19.9 Å². The standard InChI is InChI=1S/C14H14O3/c1-8(2)9(3)11-6-10-4-5-14(16)17-13(10)7-12(11)15/h4-7,9,15H,1H2,2-3H3. The molecule has 2 aromatic rings. The minimum Gasteiger partial charge on any atom is -0.508 e. The van der Waals surface area contributed by atoms with Crippen LogP contribution in [0.3, 0.4) is 0 Å². The zero-order chi connectivity index (χ0) is 12.6. The van der Waals surface area contributed by atoms with Gasteiger partial charge >= 0.3 is 5.63 Å². The number of fused-ring (bicyclic) bond motifs is 1. The van der Waals surface area contributed by atoms with Crippen molar-refractivity contribution in [2.45, 2.75) is 19.8 Å². The van der Waals surface area contributed by atoms with Gasteiger partial charge in [-0.3, -0.25) is 0 Å². The zero-order valence-electron chi connectivity index (χ0n) is 9.86. The van der Waals surface area contributed by atoms with E-state index in [1.54, 1.807) is 6.07 Å². The Morgan fingerprint density at radius 1 is 1.41 bits per heavy atom. The second kappa shape index (κ2) is 4.09. The highest BCUT2D eigenvalue weighted by molar-refractivity contribution is 5.79. The molecule has 1 heterocycles. The van der Waals surface area contributed by atoms with Gasteiger partial charge in [0, 0.05) is 29.0 Å². The number of hydrogen-bond acceptors (Lipinski definition) is 3. The average molecular weight is 230 g/mol. The maximum Gasteiger partial charge on any atom is 0.336 e. The van der Waals surface area contributed by atoms with Crippen LogP contribution in [0.5, 0.6) is 5.75 Å². The van der Waals surface area contributed by atoms with Gasteiger partial charge in [-0.2, -0.15) is 0 Å². The van der Waals surface area contributed by atoms with Crippen molar-refractivity contribution in [1.29, 1.82) is 0 Å². The first-order chi connectivity index (χ1) is 7.99. The lowest BCUT2D eigenvalue weighted by Crippen LogP contribution is -1.98. The molecule has 1 aromatic heterocycles. The molecule has 0 radical (unpaired) electrons. The van der Waals surface area contributed by atoms with Gasteiger partial charge in [0.05, 0.1) is 0 Å². The summed E-state index contributed by atoms with van der Waals surface area (Å²) in [6.07, 6.45) is 0. The van der Waals surface area contributed by atoms with Crippen LogP contribution in [-0.2, 0) is 0 Å². The van der Waals surface area contributed by atoms with E-state index in [9.17, 15) is 9.90 Å². The summed E-state index contributed by atoms with van der Waals surface area (Å²) in [5.41, 5.74) is 1.74. The van der Waals surface area contributed by atoms with Crippen molar-refractivity contribution in [3.63, 3.8) is 0 Å². The van der Waals surface area contributed by atoms with E-state index in [4.69, 9.17) is 4.42 Å². The predicted octanol–water partition coefficient (Wildman–Crippen LogP) is 3.18. The zero-order valence-corrected chi connectivity index (χ0v) is 9.86. The molecular weight excluding hydrogens is 216 g/mol. The summed E-state index contributed by atoms with van der Waals surface area (Å²) < 4.78 is 5.00. The van der Waals surface area contributed by atoms with Gasteiger partial charge in [-0.25, -0.2) is 4.79 Å². The first kappa shape index (κ1) is 11.5. The molecule has 0 saturated heterocycles. The summed E-state index contributed by atoms with van der Waals surface area (Å²) in [5, 5.41) is 10.7. The van der Waals surface area contributed by atoms with E-state index in [-0.39, 0.29) is 11.7 Å². The molecule has 1 aromatic carbocycles. The second-order valence-corrected chi connectivity index (χ2v) is 4.27. The second-order valence-electron chi connectivity index (χ2n) is 4.27. The smallest absolute Gasteiger partial charge is 0.336 e. The van der Waals surface area contributed by atoms with Crippen molar-refractivity contribution < 1.29 is 9.52 Å². The molecule has 3 nitrogen and oxygen atoms in total. The minimum atomic E-state index is -0.419. The lowest BCUT2D eigenvalue weighted by molar-refractivity contribution is 0.464. The molecule has 0 saturated carbocycles. The maximum atomic E-state index is 11.1. The SMILES string of the molecule is C=C(C)C(C)c1cc2ccc(=O)oc2cc1O. The fourth-order valence-corrected chi connectivity index (χ4v) is 1.73. The highest BCUT2D eigenvalue weighted by Crippen LogP contribution is 2.33. The normalized spacial score (nSPS) is 12.6. The first-order valence-electron chi connectivity index (χ1n) is 5.41. The Labute approximate surface area is 99.0 Å². The third-order valence-corrected chi connectivity index (χ3v) is 2.97. The summed E-state index contributed by atoms with van der Waals surface area (Å²) in [6.45, 7) is 7.77. The van der Waals surface area contributed by atoms with Gasteiger partial charge in [-0.1, -0.05) is 19.1 Å². The highest BCUT2D eigenvalue weighted by Gasteiger charge is 2.13. The average Bonchev–Trinajstić information content (AvgIpc) is 2.27. The third kappa shape index (κ3) is 2.09. The van der Waals surface area contributed by atoms with Crippen LogP contribution < -0.4 is 5.63 Å². The topological polar surface area (TPSA) is 50.4 Å². The highest BCUT2D eigenvalue weighted by atomic mass is 16.4.